The van der Waals surface area contributed by atoms with E-state index in [0.29, 0.717) is 29.7 Å². The van der Waals surface area contributed by atoms with Crippen molar-refractivity contribution in [3.05, 3.63) is 65.1 Å². The number of rotatable bonds is 9. The minimum Gasteiger partial charge on any atom is -0.491 e. The summed E-state index contributed by atoms with van der Waals surface area (Å²) in [5.74, 6) is -0.852. The van der Waals surface area contributed by atoms with E-state index in [2.05, 4.69) is 29.1 Å². The number of aromatic nitrogens is 2. The molecule has 0 bridgehead atoms. The van der Waals surface area contributed by atoms with Crippen molar-refractivity contribution in [2.75, 3.05) is 31.4 Å². The fourth-order valence-corrected chi connectivity index (χ4v) is 5.45. The SMILES string of the molecule is COCCOc1cc(C)c(-c2nc(C(=O)Nc3cnccc3C3CC(N)C[C@@H](C(C)C)C3)c(N)cc2F)c(F)c1. The van der Waals surface area contributed by atoms with Crippen LogP contribution in [0.3, 0.4) is 0 Å². The second-order valence-corrected chi connectivity index (χ2v) is 10.8. The summed E-state index contributed by atoms with van der Waals surface area (Å²) in [4.78, 5) is 21.8. The summed E-state index contributed by atoms with van der Waals surface area (Å²) in [6.45, 7) is 6.57. The number of methoxy groups -OCH3 is 1. The number of hydrogen-bond donors (Lipinski definition) is 3. The van der Waals surface area contributed by atoms with Crippen molar-refractivity contribution >= 4 is 17.3 Å². The van der Waals surface area contributed by atoms with E-state index in [0.717, 1.165) is 37.0 Å². The van der Waals surface area contributed by atoms with Crippen molar-refractivity contribution in [3.8, 4) is 17.0 Å². The van der Waals surface area contributed by atoms with Crippen LogP contribution in [0.1, 0.15) is 60.6 Å². The zero-order valence-corrected chi connectivity index (χ0v) is 23.3. The third-order valence-corrected chi connectivity index (χ3v) is 7.54. The summed E-state index contributed by atoms with van der Waals surface area (Å²) < 4.78 is 40.7. The van der Waals surface area contributed by atoms with Gasteiger partial charge >= 0.3 is 0 Å². The van der Waals surface area contributed by atoms with Crippen LogP contribution in [0.5, 0.6) is 5.75 Å². The first kappa shape index (κ1) is 29.4. The molecule has 2 heterocycles. The molecule has 3 aromatic rings. The van der Waals surface area contributed by atoms with E-state index in [-0.39, 0.29) is 47.0 Å². The molecule has 1 aliphatic carbocycles. The van der Waals surface area contributed by atoms with E-state index in [1.165, 1.54) is 7.11 Å². The summed E-state index contributed by atoms with van der Waals surface area (Å²) in [5.41, 5.74) is 13.5. The number of nitrogens with two attached hydrogens (primary N) is 2. The van der Waals surface area contributed by atoms with Gasteiger partial charge in [0, 0.05) is 37.0 Å². The first-order valence-electron chi connectivity index (χ1n) is 13.5. The highest BCUT2D eigenvalue weighted by molar-refractivity contribution is 6.07. The highest BCUT2D eigenvalue weighted by Gasteiger charge is 2.31. The molecule has 1 fully saturated rings. The molecule has 2 aromatic heterocycles. The first-order chi connectivity index (χ1) is 19.1. The number of carbonyl (C=O) groups is 1. The van der Waals surface area contributed by atoms with Gasteiger partial charge in [0.1, 0.15) is 23.9 Å². The molecule has 214 valence electrons. The monoisotopic (exact) mass is 553 g/mol. The lowest BCUT2D eigenvalue weighted by Gasteiger charge is -2.36. The van der Waals surface area contributed by atoms with Crippen LogP contribution in [0.2, 0.25) is 0 Å². The van der Waals surface area contributed by atoms with E-state index in [1.807, 2.05) is 6.07 Å². The van der Waals surface area contributed by atoms with Crippen molar-refractivity contribution < 1.29 is 23.0 Å². The molecule has 1 aromatic carbocycles. The Bertz CT molecular complexity index is 1340. The van der Waals surface area contributed by atoms with Crippen LogP contribution in [0.25, 0.3) is 11.3 Å². The van der Waals surface area contributed by atoms with Crippen molar-refractivity contribution in [2.45, 2.75) is 52.0 Å². The fourth-order valence-electron chi connectivity index (χ4n) is 5.45. The summed E-state index contributed by atoms with van der Waals surface area (Å²) in [6.07, 6.45) is 5.97. The number of anilines is 2. The Morgan fingerprint density at radius 3 is 2.62 bits per heavy atom. The van der Waals surface area contributed by atoms with Crippen LogP contribution >= 0.6 is 0 Å². The number of carbonyl (C=O) groups excluding carboxylic acids is 1. The van der Waals surface area contributed by atoms with Gasteiger partial charge in [-0.05, 0) is 67.2 Å². The van der Waals surface area contributed by atoms with Crippen LogP contribution in [-0.2, 0) is 4.74 Å². The van der Waals surface area contributed by atoms with Gasteiger partial charge in [0.15, 0.2) is 11.5 Å². The Morgan fingerprint density at radius 2 is 1.93 bits per heavy atom. The maximum atomic E-state index is 15.2. The van der Waals surface area contributed by atoms with Crippen LogP contribution in [0, 0.1) is 30.4 Å². The summed E-state index contributed by atoms with van der Waals surface area (Å²) in [6, 6.07) is 5.66. The molecule has 8 nitrogen and oxygen atoms in total. The predicted molar refractivity (Wildman–Crippen MR) is 151 cm³/mol. The van der Waals surface area contributed by atoms with Gasteiger partial charge in [-0.25, -0.2) is 13.8 Å². The molecule has 1 amide bonds. The normalized spacial score (nSPS) is 19.1. The summed E-state index contributed by atoms with van der Waals surface area (Å²) in [5, 5.41) is 2.86. The third-order valence-electron chi connectivity index (χ3n) is 7.54. The number of hydrogen-bond acceptors (Lipinski definition) is 7. The molecule has 0 saturated heterocycles. The number of halogens is 2. The molecule has 5 N–H and O–H groups in total. The van der Waals surface area contributed by atoms with Gasteiger partial charge in [0.25, 0.3) is 5.91 Å². The van der Waals surface area contributed by atoms with Crippen molar-refractivity contribution in [3.63, 3.8) is 0 Å². The number of ether oxygens (including phenoxy) is 2. The maximum absolute atomic E-state index is 15.2. The Labute approximate surface area is 233 Å². The van der Waals surface area contributed by atoms with Crippen molar-refractivity contribution in [1.29, 1.82) is 0 Å². The second kappa shape index (κ2) is 12.7. The lowest BCUT2D eigenvalue weighted by molar-refractivity contribution is 0.102. The van der Waals surface area contributed by atoms with Gasteiger partial charge in [-0.3, -0.25) is 9.78 Å². The standard InChI is InChI=1S/C30H37F2N5O3/c1-16(2)18-10-19(12-20(33)11-18)22-5-6-35-15-26(22)36-30(38)29-25(34)14-24(32)28(37-29)27-17(3)9-21(13-23(27)31)40-8-7-39-4/h5-6,9,13-16,18-20H,7-8,10-12,33-34H2,1-4H3,(H,36,38)/t18-,19?,20?/m0/s1. The number of amides is 1. The minimum atomic E-state index is -0.845. The van der Waals surface area contributed by atoms with Crippen molar-refractivity contribution in [1.82, 2.24) is 9.97 Å². The van der Waals surface area contributed by atoms with E-state index < -0.39 is 17.5 Å². The molecule has 0 aliphatic heterocycles. The molecule has 1 saturated carbocycles. The maximum Gasteiger partial charge on any atom is 0.276 e. The molecular weight excluding hydrogens is 516 g/mol. The Morgan fingerprint density at radius 1 is 1.15 bits per heavy atom. The average molecular weight is 554 g/mol. The lowest BCUT2D eigenvalue weighted by atomic mass is 9.72. The summed E-state index contributed by atoms with van der Waals surface area (Å²) >= 11 is 0. The second-order valence-electron chi connectivity index (χ2n) is 10.8. The molecule has 1 aliphatic rings. The number of nitrogens with one attached hydrogen (secondary N) is 1. The van der Waals surface area contributed by atoms with Gasteiger partial charge < -0.3 is 26.3 Å². The Hall–Kier alpha value is -3.63. The molecular formula is C30H37F2N5O3. The van der Waals surface area contributed by atoms with E-state index in [4.69, 9.17) is 20.9 Å². The average Bonchev–Trinajstić information content (AvgIpc) is 2.89. The zero-order chi connectivity index (χ0) is 29.0. The van der Waals surface area contributed by atoms with Crippen LogP contribution < -0.4 is 21.5 Å². The molecule has 0 spiro atoms. The minimum absolute atomic E-state index is 0.0646. The summed E-state index contributed by atoms with van der Waals surface area (Å²) in [7, 11) is 1.53. The van der Waals surface area contributed by atoms with Gasteiger partial charge in [-0.2, -0.15) is 0 Å². The molecule has 10 heteroatoms. The molecule has 0 radical (unpaired) electrons. The van der Waals surface area contributed by atoms with Gasteiger partial charge in [0.05, 0.1) is 24.2 Å². The highest BCUT2D eigenvalue weighted by Crippen LogP contribution is 2.41. The molecule has 3 atom stereocenters. The number of nitrogens with zero attached hydrogens (tertiary/aromatic N) is 2. The predicted octanol–water partition coefficient (Wildman–Crippen LogP) is 5.46. The molecule has 4 rings (SSSR count). The van der Waals surface area contributed by atoms with Gasteiger partial charge in [0.2, 0.25) is 0 Å². The Kier molecular flexibility index (Phi) is 9.32. The lowest BCUT2D eigenvalue weighted by Crippen LogP contribution is -2.34. The number of pyridine rings is 2. The first-order valence-corrected chi connectivity index (χ1v) is 13.5. The van der Waals surface area contributed by atoms with Crippen molar-refractivity contribution in [2.24, 2.45) is 17.6 Å². The third kappa shape index (κ3) is 6.56. The van der Waals surface area contributed by atoms with E-state index in [1.54, 1.807) is 25.4 Å². The Balaban J connectivity index is 1.63. The van der Waals surface area contributed by atoms with Crippen LogP contribution in [0.4, 0.5) is 20.2 Å². The fraction of sp³-hybridized carbons (Fsp3) is 0.433. The number of aryl methyl sites for hydroxylation is 1. The van der Waals surface area contributed by atoms with Gasteiger partial charge in [-0.1, -0.05) is 13.8 Å². The van der Waals surface area contributed by atoms with Crippen LogP contribution in [-0.4, -0.2) is 42.2 Å². The molecule has 40 heavy (non-hydrogen) atoms. The quantitative estimate of drug-likeness (QED) is 0.301. The largest absolute Gasteiger partial charge is 0.491 e. The smallest absolute Gasteiger partial charge is 0.276 e. The zero-order valence-electron chi connectivity index (χ0n) is 23.3. The number of nitrogen functional groups attached to an aromatic ring is 1. The topological polar surface area (TPSA) is 125 Å². The highest BCUT2D eigenvalue weighted by atomic mass is 19.1. The van der Waals surface area contributed by atoms with E-state index >= 15 is 8.78 Å². The molecule has 2 unspecified atom stereocenters. The van der Waals surface area contributed by atoms with Crippen LogP contribution in [0.15, 0.2) is 36.7 Å². The number of benzene rings is 1. The van der Waals surface area contributed by atoms with E-state index in [9.17, 15) is 4.79 Å². The van der Waals surface area contributed by atoms with Gasteiger partial charge in [-0.15, -0.1) is 0 Å².